The van der Waals surface area contributed by atoms with Gasteiger partial charge in [0.1, 0.15) is 28.2 Å². The molecule has 4 rings (SSSR count). The molecule has 0 radical (unpaired) electrons. The Labute approximate surface area is 216 Å². The SMILES string of the molecule is Cc1ccc(S(O)(O)NCCCCCC(=O)Oc2cc(O)c3c(=O)cc(-c4ccccc4)oc3c2)cc1. The van der Waals surface area contributed by atoms with Crippen molar-refractivity contribution in [2.75, 3.05) is 6.54 Å². The molecule has 1 heterocycles. The van der Waals surface area contributed by atoms with Crippen molar-refractivity contribution < 1.29 is 28.2 Å². The highest BCUT2D eigenvalue weighted by Gasteiger charge is 2.16. The average Bonchev–Trinajstić information content (AvgIpc) is 2.86. The van der Waals surface area contributed by atoms with Crippen molar-refractivity contribution in [3.05, 3.63) is 88.6 Å². The topological polar surface area (TPSA) is 129 Å². The Hall–Kier alpha value is -3.63. The van der Waals surface area contributed by atoms with Gasteiger partial charge in [0, 0.05) is 36.7 Å². The summed E-state index contributed by atoms with van der Waals surface area (Å²) in [7, 11) is -3.06. The van der Waals surface area contributed by atoms with Crippen molar-refractivity contribution >= 4 is 27.7 Å². The van der Waals surface area contributed by atoms with E-state index in [1.165, 1.54) is 18.2 Å². The monoisotopic (exact) mass is 523 g/mol. The molecule has 0 bridgehead atoms. The number of rotatable bonds is 10. The van der Waals surface area contributed by atoms with Crippen LogP contribution in [0.5, 0.6) is 11.5 Å². The Morgan fingerprint density at radius 3 is 2.43 bits per heavy atom. The predicted octanol–water partition coefficient (Wildman–Crippen LogP) is 6.25. The smallest absolute Gasteiger partial charge is 0.311 e. The molecule has 0 fully saturated rings. The zero-order valence-corrected chi connectivity index (χ0v) is 21.2. The van der Waals surface area contributed by atoms with Gasteiger partial charge < -0.3 is 14.3 Å². The van der Waals surface area contributed by atoms with Gasteiger partial charge in [-0.3, -0.25) is 18.7 Å². The van der Waals surface area contributed by atoms with E-state index in [0.717, 1.165) is 5.56 Å². The Kier molecular flexibility index (Phi) is 8.30. The van der Waals surface area contributed by atoms with Crippen molar-refractivity contribution in [1.82, 2.24) is 4.72 Å². The molecule has 3 aromatic carbocycles. The second-order valence-electron chi connectivity index (χ2n) is 8.70. The summed E-state index contributed by atoms with van der Waals surface area (Å²) in [6.45, 7) is 2.31. The molecule has 37 heavy (non-hydrogen) atoms. The van der Waals surface area contributed by atoms with Gasteiger partial charge in [-0.1, -0.05) is 54.4 Å². The van der Waals surface area contributed by atoms with Crippen molar-refractivity contribution in [1.29, 1.82) is 0 Å². The third kappa shape index (κ3) is 6.78. The summed E-state index contributed by atoms with van der Waals surface area (Å²) in [5, 5.41) is 10.4. The first-order valence-corrected chi connectivity index (χ1v) is 13.4. The summed E-state index contributed by atoms with van der Waals surface area (Å²) < 4.78 is 34.5. The zero-order valence-electron chi connectivity index (χ0n) is 20.3. The molecule has 8 nitrogen and oxygen atoms in total. The van der Waals surface area contributed by atoms with Crippen LogP contribution in [0.15, 0.2) is 86.9 Å². The fraction of sp³-hybridized carbons (Fsp3) is 0.214. The van der Waals surface area contributed by atoms with Gasteiger partial charge in [-0.15, -0.1) is 10.8 Å². The molecule has 1 aromatic heterocycles. The highest BCUT2D eigenvalue weighted by atomic mass is 32.3. The minimum atomic E-state index is -3.06. The van der Waals surface area contributed by atoms with Gasteiger partial charge in [0.25, 0.3) is 0 Å². The Morgan fingerprint density at radius 1 is 0.973 bits per heavy atom. The first-order valence-electron chi connectivity index (χ1n) is 11.9. The van der Waals surface area contributed by atoms with E-state index in [-0.39, 0.29) is 28.9 Å². The zero-order chi connectivity index (χ0) is 26.4. The Balaban J connectivity index is 1.29. The number of phenols is 1. The molecule has 0 aliphatic rings. The minimum absolute atomic E-state index is 0.0172. The maximum atomic E-state index is 12.5. The molecule has 194 valence electrons. The van der Waals surface area contributed by atoms with Gasteiger partial charge in [-0.25, -0.2) is 4.72 Å². The van der Waals surface area contributed by atoms with E-state index in [1.54, 1.807) is 24.3 Å². The van der Waals surface area contributed by atoms with Crippen molar-refractivity contribution in [2.24, 2.45) is 0 Å². The number of esters is 1. The van der Waals surface area contributed by atoms with Crippen LogP contribution in [0.4, 0.5) is 0 Å². The molecule has 0 saturated heterocycles. The summed E-state index contributed by atoms with van der Waals surface area (Å²) in [5.41, 5.74) is 1.46. The van der Waals surface area contributed by atoms with E-state index < -0.39 is 22.2 Å². The normalized spacial score (nSPS) is 12.0. The van der Waals surface area contributed by atoms with E-state index >= 15 is 0 Å². The molecule has 0 saturated carbocycles. The lowest BCUT2D eigenvalue weighted by atomic mass is 10.1. The van der Waals surface area contributed by atoms with Gasteiger partial charge in [-0.05, 0) is 31.9 Å². The van der Waals surface area contributed by atoms with Crippen molar-refractivity contribution in [3.8, 4) is 22.8 Å². The molecule has 4 N–H and O–H groups in total. The van der Waals surface area contributed by atoms with Crippen LogP contribution in [0.2, 0.25) is 0 Å². The van der Waals surface area contributed by atoms with Crippen LogP contribution in [-0.2, 0) is 4.79 Å². The number of carbonyl (C=O) groups is 1. The largest absolute Gasteiger partial charge is 0.507 e. The van der Waals surface area contributed by atoms with Crippen molar-refractivity contribution in [3.63, 3.8) is 0 Å². The second kappa shape index (κ2) is 11.6. The molecule has 0 unspecified atom stereocenters. The molecule has 4 aromatic rings. The number of benzene rings is 3. The van der Waals surface area contributed by atoms with E-state index in [1.807, 2.05) is 37.3 Å². The number of aromatic hydroxyl groups is 1. The van der Waals surface area contributed by atoms with E-state index in [2.05, 4.69) is 4.72 Å². The highest BCUT2D eigenvalue weighted by Crippen LogP contribution is 2.43. The number of aryl methyl sites for hydroxylation is 1. The summed E-state index contributed by atoms with van der Waals surface area (Å²) in [4.78, 5) is 25.3. The third-order valence-electron chi connectivity index (χ3n) is 5.78. The van der Waals surface area contributed by atoms with Gasteiger partial charge in [0.2, 0.25) is 0 Å². The van der Waals surface area contributed by atoms with Crippen molar-refractivity contribution in [2.45, 2.75) is 37.5 Å². The summed E-state index contributed by atoms with van der Waals surface area (Å²) in [6, 6.07) is 20.1. The van der Waals surface area contributed by atoms with Gasteiger partial charge in [0.05, 0.1) is 4.90 Å². The summed E-state index contributed by atoms with van der Waals surface area (Å²) >= 11 is 0. The second-order valence-corrected chi connectivity index (χ2v) is 10.6. The first-order chi connectivity index (χ1) is 17.7. The number of nitrogens with one attached hydrogen (secondary N) is 1. The fourth-order valence-electron chi connectivity index (χ4n) is 3.83. The van der Waals surface area contributed by atoms with Gasteiger partial charge in [0.15, 0.2) is 5.43 Å². The highest BCUT2D eigenvalue weighted by molar-refractivity contribution is 8.22. The molecule has 9 heteroatoms. The lowest BCUT2D eigenvalue weighted by Gasteiger charge is -2.33. The van der Waals surface area contributed by atoms with Crippen LogP contribution >= 0.6 is 10.8 Å². The number of hydrogen-bond donors (Lipinski definition) is 4. The third-order valence-corrected chi connectivity index (χ3v) is 7.32. The standard InChI is InChI=1S/C28H29NO7S/c1-19-11-13-22(14-12-19)37(33,34)29-15-7-3-6-10-27(32)35-21-16-23(30)28-24(31)18-25(36-26(28)17-21)20-8-4-2-5-9-20/h2,4-5,8-9,11-14,16-18,29-30,33-34H,3,6-7,10,15H2,1H3. The predicted molar refractivity (Wildman–Crippen MR) is 144 cm³/mol. The van der Waals surface area contributed by atoms with Crippen LogP contribution in [0.3, 0.4) is 0 Å². The number of carbonyl (C=O) groups excluding carboxylic acids is 1. The summed E-state index contributed by atoms with van der Waals surface area (Å²) in [5.74, 6) is -0.393. The van der Waals surface area contributed by atoms with Gasteiger partial charge >= 0.3 is 5.97 Å². The summed E-state index contributed by atoms with van der Waals surface area (Å²) in [6.07, 6.45) is 1.99. The van der Waals surface area contributed by atoms with Crippen LogP contribution in [0.1, 0.15) is 31.2 Å². The fourth-order valence-corrected chi connectivity index (χ4v) is 4.94. The molecular formula is C28H29NO7S. The van der Waals surface area contributed by atoms with Crippen LogP contribution in [-0.4, -0.2) is 26.7 Å². The lowest BCUT2D eigenvalue weighted by Crippen LogP contribution is -2.21. The lowest BCUT2D eigenvalue weighted by molar-refractivity contribution is -0.134. The van der Waals surface area contributed by atoms with E-state index in [9.17, 15) is 23.8 Å². The van der Waals surface area contributed by atoms with Gasteiger partial charge in [-0.2, -0.15) is 0 Å². The number of unbranched alkanes of at least 4 members (excludes halogenated alkanes) is 2. The first kappa shape index (κ1) is 26.4. The number of fused-ring (bicyclic) bond motifs is 1. The molecule has 0 aliphatic heterocycles. The van der Waals surface area contributed by atoms with Crippen LogP contribution in [0, 0.1) is 6.92 Å². The minimum Gasteiger partial charge on any atom is -0.507 e. The molecule has 0 spiro atoms. The number of ether oxygens (including phenoxy) is 1. The maximum Gasteiger partial charge on any atom is 0.311 e. The van der Waals surface area contributed by atoms with E-state index in [4.69, 9.17) is 9.15 Å². The molecule has 0 aliphatic carbocycles. The van der Waals surface area contributed by atoms with Crippen LogP contribution < -0.4 is 14.9 Å². The quantitative estimate of drug-likeness (QED) is 0.109. The molecule has 0 atom stereocenters. The Bertz CT molecular complexity index is 1430. The molecular weight excluding hydrogens is 494 g/mol. The number of hydrogen-bond acceptors (Lipinski definition) is 8. The maximum absolute atomic E-state index is 12.5. The van der Waals surface area contributed by atoms with E-state index in [0.29, 0.717) is 42.0 Å². The Morgan fingerprint density at radius 2 is 1.70 bits per heavy atom. The number of phenolic OH excluding ortho intramolecular Hbond substituents is 1. The molecule has 0 amide bonds. The average molecular weight is 524 g/mol. The van der Waals surface area contributed by atoms with Crippen LogP contribution in [0.25, 0.3) is 22.3 Å².